The van der Waals surface area contributed by atoms with E-state index in [4.69, 9.17) is 0 Å². The predicted octanol–water partition coefficient (Wildman–Crippen LogP) is 1.58. The van der Waals surface area contributed by atoms with Crippen LogP contribution in [0.2, 0.25) is 0 Å². The molecule has 5 heteroatoms. The highest BCUT2D eigenvalue weighted by Crippen LogP contribution is 2.14. The minimum absolute atomic E-state index is 0.0111. The van der Waals surface area contributed by atoms with Gasteiger partial charge in [-0.3, -0.25) is 9.69 Å². The number of nitrogens with zero attached hydrogens (tertiary/aromatic N) is 2. The lowest BCUT2D eigenvalue weighted by Crippen LogP contribution is -2.46. The van der Waals surface area contributed by atoms with Crippen molar-refractivity contribution < 1.29 is 4.79 Å². The van der Waals surface area contributed by atoms with E-state index in [1.54, 1.807) is 0 Å². The van der Waals surface area contributed by atoms with E-state index in [2.05, 4.69) is 51.6 Å². The Morgan fingerprint density at radius 2 is 1.84 bits per heavy atom. The lowest BCUT2D eigenvalue weighted by molar-refractivity contribution is -0.123. The van der Waals surface area contributed by atoms with Crippen molar-refractivity contribution in [3.05, 3.63) is 35.4 Å². The Balaban J connectivity index is 1.53. The number of hydrogen-bond donors (Lipinski definition) is 2. The molecular weight excluding hydrogens is 312 g/mol. The average molecular weight is 345 g/mol. The summed E-state index contributed by atoms with van der Waals surface area (Å²) in [6, 6.07) is 8.51. The molecule has 0 radical (unpaired) electrons. The lowest BCUT2D eigenvalue weighted by Gasteiger charge is -2.34. The number of piperazine rings is 1. The minimum atomic E-state index is -0.0111. The summed E-state index contributed by atoms with van der Waals surface area (Å²) in [6.07, 6.45) is 3.28. The van der Waals surface area contributed by atoms with Gasteiger partial charge in [0.1, 0.15) is 0 Å². The number of amides is 1. The maximum Gasteiger partial charge on any atom is 0.237 e. The van der Waals surface area contributed by atoms with Gasteiger partial charge in [-0.25, -0.2) is 0 Å². The summed E-state index contributed by atoms with van der Waals surface area (Å²) >= 11 is 0. The Bertz CT molecular complexity index is 548. The van der Waals surface area contributed by atoms with Gasteiger partial charge < -0.3 is 15.5 Å². The van der Waals surface area contributed by atoms with E-state index in [1.807, 2.05) is 0 Å². The number of nitrogens with one attached hydrogen (secondary N) is 2. The number of likely N-dealkylation sites (N-methyl/N-ethyl adjacent to an activating group) is 1. The van der Waals surface area contributed by atoms with Crippen LogP contribution in [0, 0.1) is 0 Å². The van der Waals surface area contributed by atoms with Crippen molar-refractivity contribution in [2.24, 2.45) is 0 Å². The molecule has 1 aromatic carbocycles. The van der Waals surface area contributed by atoms with Gasteiger partial charge in [0.15, 0.2) is 0 Å². The Morgan fingerprint density at radius 1 is 1.12 bits per heavy atom. The highest BCUT2D eigenvalue weighted by atomic mass is 16.2. The van der Waals surface area contributed by atoms with E-state index in [0.717, 1.165) is 58.7 Å². The topological polar surface area (TPSA) is 47.6 Å². The molecule has 0 spiro atoms. The van der Waals surface area contributed by atoms with Crippen LogP contribution in [0.5, 0.6) is 0 Å². The van der Waals surface area contributed by atoms with Crippen LogP contribution < -0.4 is 10.6 Å². The van der Waals surface area contributed by atoms with Gasteiger partial charge in [0.2, 0.25) is 5.91 Å². The Kier molecular flexibility index (Phi) is 6.84. The van der Waals surface area contributed by atoms with Gasteiger partial charge in [-0.2, -0.15) is 0 Å². The van der Waals surface area contributed by atoms with E-state index in [0.29, 0.717) is 6.54 Å². The summed E-state index contributed by atoms with van der Waals surface area (Å²) < 4.78 is 0. The normalized spacial score (nSPS) is 22.7. The van der Waals surface area contributed by atoms with Crippen molar-refractivity contribution in [2.45, 2.75) is 45.3 Å². The SMILES string of the molecule is CCN1CCN(Cc2ccccc2CNC(=O)C2CCCCN2)CC1. The van der Waals surface area contributed by atoms with Gasteiger partial charge >= 0.3 is 0 Å². The Labute approximate surface area is 151 Å². The average Bonchev–Trinajstić information content (AvgIpc) is 2.68. The summed E-state index contributed by atoms with van der Waals surface area (Å²) in [5, 5.41) is 6.45. The largest absolute Gasteiger partial charge is 0.351 e. The highest BCUT2D eigenvalue weighted by Gasteiger charge is 2.21. The first-order chi connectivity index (χ1) is 12.3. The van der Waals surface area contributed by atoms with Gasteiger partial charge in [0, 0.05) is 39.3 Å². The summed E-state index contributed by atoms with van der Waals surface area (Å²) in [5.41, 5.74) is 2.58. The van der Waals surface area contributed by atoms with Crippen molar-refractivity contribution in [1.82, 2.24) is 20.4 Å². The first-order valence-electron chi connectivity index (χ1n) is 9.79. The molecule has 0 aliphatic carbocycles. The number of benzene rings is 1. The monoisotopic (exact) mass is 344 g/mol. The molecule has 2 N–H and O–H groups in total. The fourth-order valence-electron chi connectivity index (χ4n) is 3.77. The maximum absolute atomic E-state index is 12.4. The second-order valence-electron chi connectivity index (χ2n) is 7.20. The zero-order chi connectivity index (χ0) is 17.5. The second-order valence-corrected chi connectivity index (χ2v) is 7.20. The van der Waals surface area contributed by atoms with Crippen molar-refractivity contribution in [3.8, 4) is 0 Å². The number of carbonyl (C=O) groups is 1. The molecule has 1 amide bonds. The van der Waals surface area contributed by atoms with Gasteiger partial charge in [0.05, 0.1) is 6.04 Å². The fraction of sp³-hybridized carbons (Fsp3) is 0.650. The van der Waals surface area contributed by atoms with Crippen LogP contribution in [0.15, 0.2) is 24.3 Å². The first-order valence-corrected chi connectivity index (χ1v) is 9.79. The summed E-state index contributed by atoms with van der Waals surface area (Å²) in [4.78, 5) is 17.4. The molecule has 1 atom stereocenters. The number of rotatable bonds is 6. The van der Waals surface area contributed by atoms with Gasteiger partial charge in [-0.1, -0.05) is 37.6 Å². The van der Waals surface area contributed by atoms with Crippen molar-refractivity contribution in [1.29, 1.82) is 0 Å². The van der Waals surface area contributed by atoms with Crippen LogP contribution in [0.25, 0.3) is 0 Å². The molecule has 5 nitrogen and oxygen atoms in total. The quantitative estimate of drug-likeness (QED) is 0.823. The van der Waals surface area contributed by atoms with E-state index in [1.165, 1.54) is 17.5 Å². The molecule has 1 aromatic rings. The molecule has 25 heavy (non-hydrogen) atoms. The number of hydrogen-bond acceptors (Lipinski definition) is 4. The zero-order valence-corrected chi connectivity index (χ0v) is 15.5. The molecule has 2 heterocycles. The van der Waals surface area contributed by atoms with E-state index < -0.39 is 0 Å². The molecule has 2 aliphatic heterocycles. The smallest absolute Gasteiger partial charge is 0.237 e. The summed E-state index contributed by atoms with van der Waals surface area (Å²) in [7, 11) is 0. The third-order valence-electron chi connectivity index (χ3n) is 5.50. The molecule has 1 unspecified atom stereocenters. The zero-order valence-electron chi connectivity index (χ0n) is 15.5. The summed E-state index contributed by atoms with van der Waals surface area (Å²) in [6.45, 7) is 10.5. The Morgan fingerprint density at radius 3 is 2.52 bits per heavy atom. The third kappa shape index (κ3) is 5.27. The van der Waals surface area contributed by atoms with E-state index >= 15 is 0 Å². The number of carbonyl (C=O) groups excluding carboxylic acids is 1. The van der Waals surface area contributed by atoms with Crippen molar-refractivity contribution in [3.63, 3.8) is 0 Å². The van der Waals surface area contributed by atoms with Gasteiger partial charge in [-0.05, 0) is 37.1 Å². The van der Waals surface area contributed by atoms with Crippen molar-refractivity contribution in [2.75, 3.05) is 39.3 Å². The standard InChI is InChI=1S/C20H32N4O/c1-2-23-11-13-24(14-12-23)16-18-8-4-3-7-17(18)15-22-20(25)19-9-5-6-10-21-19/h3-4,7-8,19,21H,2,5-6,9-16H2,1H3,(H,22,25). The maximum atomic E-state index is 12.4. The minimum Gasteiger partial charge on any atom is -0.351 e. The second kappa shape index (κ2) is 9.32. The van der Waals surface area contributed by atoms with Crippen LogP contribution in [-0.4, -0.2) is 61.0 Å². The van der Waals surface area contributed by atoms with Crippen LogP contribution in [0.1, 0.15) is 37.3 Å². The van der Waals surface area contributed by atoms with Gasteiger partial charge in [-0.15, -0.1) is 0 Å². The molecule has 2 aliphatic rings. The summed E-state index contributed by atoms with van der Waals surface area (Å²) in [5.74, 6) is 0.145. The van der Waals surface area contributed by atoms with Crippen LogP contribution in [-0.2, 0) is 17.9 Å². The van der Waals surface area contributed by atoms with Crippen LogP contribution in [0.4, 0.5) is 0 Å². The fourth-order valence-corrected chi connectivity index (χ4v) is 3.77. The molecular formula is C20H32N4O. The molecule has 2 saturated heterocycles. The molecule has 0 bridgehead atoms. The van der Waals surface area contributed by atoms with E-state index in [9.17, 15) is 4.79 Å². The number of piperidine rings is 1. The van der Waals surface area contributed by atoms with Crippen LogP contribution >= 0.6 is 0 Å². The molecule has 0 aromatic heterocycles. The first kappa shape index (κ1) is 18.4. The van der Waals surface area contributed by atoms with Crippen LogP contribution in [0.3, 0.4) is 0 Å². The van der Waals surface area contributed by atoms with Crippen molar-refractivity contribution >= 4 is 5.91 Å². The van der Waals surface area contributed by atoms with E-state index in [-0.39, 0.29) is 11.9 Å². The third-order valence-corrected chi connectivity index (χ3v) is 5.50. The molecule has 3 rings (SSSR count). The highest BCUT2D eigenvalue weighted by molar-refractivity contribution is 5.81. The predicted molar refractivity (Wildman–Crippen MR) is 101 cm³/mol. The van der Waals surface area contributed by atoms with Gasteiger partial charge in [0.25, 0.3) is 0 Å². The lowest BCUT2D eigenvalue weighted by atomic mass is 10.0. The molecule has 0 saturated carbocycles. The Hall–Kier alpha value is -1.43. The molecule has 138 valence electrons. The molecule has 2 fully saturated rings.